The first kappa shape index (κ1) is 25.9. The van der Waals surface area contributed by atoms with Crippen molar-refractivity contribution in [3.05, 3.63) is 89.6 Å². The molecular weight excluding hydrogens is 476 g/mol. The molecule has 1 fully saturated rings. The topological polar surface area (TPSA) is 65.1 Å². The van der Waals surface area contributed by atoms with Crippen LogP contribution in [0.2, 0.25) is 0 Å². The Labute approximate surface area is 225 Å². The van der Waals surface area contributed by atoms with E-state index >= 15 is 0 Å². The van der Waals surface area contributed by atoms with E-state index in [1.807, 2.05) is 53.6 Å². The van der Waals surface area contributed by atoms with Crippen LogP contribution in [-0.4, -0.2) is 61.1 Å². The van der Waals surface area contributed by atoms with Gasteiger partial charge in [-0.3, -0.25) is 0 Å². The van der Waals surface area contributed by atoms with E-state index in [0.29, 0.717) is 38.4 Å². The number of esters is 1. The molecule has 0 bridgehead atoms. The fourth-order valence-corrected chi connectivity index (χ4v) is 6.01. The molecule has 0 aromatic heterocycles. The highest BCUT2D eigenvalue weighted by Gasteiger charge is 2.50. The van der Waals surface area contributed by atoms with Gasteiger partial charge in [-0.15, -0.1) is 0 Å². The van der Waals surface area contributed by atoms with Gasteiger partial charge in [-0.05, 0) is 42.2 Å². The molecule has 2 aromatic rings. The third-order valence-corrected chi connectivity index (χ3v) is 7.90. The van der Waals surface area contributed by atoms with Gasteiger partial charge in [0.05, 0.1) is 0 Å². The minimum Gasteiger partial charge on any atom is -0.446 e. The van der Waals surface area contributed by atoms with Gasteiger partial charge in [-0.1, -0.05) is 69.0 Å². The lowest BCUT2D eigenvalue weighted by Gasteiger charge is -2.37. The number of nitrogens with one attached hydrogen (secondary N) is 1. The van der Waals surface area contributed by atoms with E-state index < -0.39 is 5.60 Å². The Morgan fingerprint density at radius 3 is 2.47 bits per heavy atom. The minimum absolute atomic E-state index is 0.117. The summed E-state index contributed by atoms with van der Waals surface area (Å²) in [5, 5.41) is 3.15. The molecule has 5 rings (SSSR count). The van der Waals surface area contributed by atoms with E-state index in [4.69, 9.17) is 4.74 Å². The Morgan fingerprint density at radius 2 is 1.76 bits per heavy atom. The summed E-state index contributed by atoms with van der Waals surface area (Å²) in [6.45, 7) is 13.2. The lowest BCUT2D eigenvalue weighted by Crippen LogP contribution is -2.46. The molecular formula is C31H38N4O3. The molecule has 0 radical (unpaired) electrons. The number of benzene rings is 2. The number of urea groups is 1. The fourth-order valence-electron chi connectivity index (χ4n) is 6.01. The summed E-state index contributed by atoms with van der Waals surface area (Å²) in [5.74, 6) is 0.0685. The maximum Gasteiger partial charge on any atom is 0.335 e. The van der Waals surface area contributed by atoms with Crippen molar-refractivity contribution in [2.24, 2.45) is 5.92 Å². The number of nitrogens with zero attached hydrogens (tertiary/aromatic N) is 3. The second kappa shape index (κ2) is 10.9. The van der Waals surface area contributed by atoms with Crippen molar-refractivity contribution >= 4 is 17.7 Å². The number of amides is 2. The number of rotatable bonds is 7. The zero-order valence-electron chi connectivity index (χ0n) is 22.5. The van der Waals surface area contributed by atoms with Crippen molar-refractivity contribution in [3.8, 4) is 0 Å². The molecule has 200 valence electrons. The molecule has 2 amide bonds. The summed E-state index contributed by atoms with van der Waals surface area (Å²) in [6, 6.07) is 18.1. The summed E-state index contributed by atoms with van der Waals surface area (Å²) in [7, 11) is 0. The number of hydrogen-bond donors (Lipinski definition) is 1. The number of anilines is 1. The second-order valence-corrected chi connectivity index (χ2v) is 10.8. The first-order chi connectivity index (χ1) is 18.4. The maximum atomic E-state index is 13.4. The van der Waals surface area contributed by atoms with Crippen LogP contribution in [0.3, 0.4) is 0 Å². The number of para-hydroxylation sites is 1. The lowest BCUT2D eigenvalue weighted by molar-refractivity contribution is -0.149. The smallest absolute Gasteiger partial charge is 0.335 e. The summed E-state index contributed by atoms with van der Waals surface area (Å²) in [5.41, 5.74) is 4.09. The van der Waals surface area contributed by atoms with Gasteiger partial charge in [-0.25, -0.2) is 9.59 Å². The minimum atomic E-state index is -0.818. The summed E-state index contributed by atoms with van der Waals surface area (Å²) < 4.78 is 6.16. The number of ether oxygens (including phenoxy) is 1. The summed E-state index contributed by atoms with van der Waals surface area (Å²) in [6.07, 6.45) is 3.10. The van der Waals surface area contributed by atoms with Crippen LogP contribution in [0.1, 0.15) is 37.8 Å². The molecule has 1 atom stereocenters. The van der Waals surface area contributed by atoms with Crippen molar-refractivity contribution in [2.75, 3.05) is 44.2 Å². The van der Waals surface area contributed by atoms with E-state index in [1.165, 1.54) is 0 Å². The average molecular weight is 515 g/mol. The Hall–Kier alpha value is -3.74. The highest BCUT2D eigenvalue weighted by atomic mass is 16.6. The fraction of sp³-hybridized carbons (Fsp3) is 0.419. The predicted octanol–water partition coefficient (Wildman–Crippen LogP) is 4.66. The zero-order chi connectivity index (χ0) is 26.7. The zero-order valence-corrected chi connectivity index (χ0v) is 22.5. The summed E-state index contributed by atoms with van der Waals surface area (Å²) in [4.78, 5) is 32.8. The molecule has 7 nitrogen and oxygen atoms in total. The summed E-state index contributed by atoms with van der Waals surface area (Å²) >= 11 is 0. The molecule has 38 heavy (non-hydrogen) atoms. The van der Waals surface area contributed by atoms with Gasteiger partial charge in [-0.2, -0.15) is 0 Å². The number of carbonyl (C=O) groups is 2. The van der Waals surface area contributed by atoms with Gasteiger partial charge in [0, 0.05) is 62.6 Å². The van der Waals surface area contributed by atoms with Crippen molar-refractivity contribution < 1.29 is 14.3 Å². The van der Waals surface area contributed by atoms with Gasteiger partial charge in [0.2, 0.25) is 0 Å². The highest BCUT2D eigenvalue weighted by molar-refractivity contribution is 5.94. The van der Waals surface area contributed by atoms with Crippen molar-refractivity contribution in [1.29, 1.82) is 0 Å². The van der Waals surface area contributed by atoms with E-state index in [0.717, 1.165) is 54.1 Å². The van der Waals surface area contributed by atoms with E-state index in [-0.39, 0.29) is 12.0 Å². The molecule has 3 aliphatic rings. The van der Waals surface area contributed by atoms with Crippen molar-refractivity contribution in [2.45, 2.75) is 38.8 Å². The number of carbonyl (C=O) groups excluding carboxylic acids is 2. The third kappa shape index (κ3) is 5.02. The maximum absolute atomic E-state index is 13.4. The Morgan fingerprint density at radius 1 is 1.05 bits per heavy atom. The molecule has 0 aliphatic carbocycles. The van der Waals surface area contributed by atoms with Crippen LogP contribution in [0, 0.1) is 5.92 Å². The molecule has 1 N–H and O–H groups in total. The third-order valence-electron chi connectivity index (χ3n) is 7.90. The van der Waals surface area contributed by atoms with Crippen LogP contribution < -0.4 is 10.2 Å². The van der Waals surface area contributed by atoms with Gasteiger partial charge < -0.3 is 24.8 Å². The SMILES string of the molecule is C=CN1CCN(c2ccccc2CNC(=O)N2CCC3=C(C2)C(CC(C)C)(c2ccccc2)OC3=O)CC1. The number of hydrogen-bond acceptors (Lipinski definition) is 5. The Bertz CT molecular complexity index is 1220. The Balaban J connectivity index is 1.31. The van der Waals surface area contributed by atoms with Gasteiger partial charge in [0.25, 0.3) is 0 Å². The van der Waals surface area contributed by atoms with Crippen molar-refractivity contribution in [3.63, 3.8) is 0 Å². The van der Waals surface area contributed by atoms with Gasteiger partial charge in [0.15, 0.2) is 5.60 Å². The van der Waals surface area contributed by atoms with Crippen LogP contribution in [0.5, 0.6) is 0 Å². The predicted molar refractivity (Wildman–Crippen MR) is 150 cm³/mol. The monoisotopic (exact) mass is 514 g/mol. The molecule has 1 saturated heterocycles. The second-order valence-electron chi connectivity index (χ2n) is 10.8. The van der Waals surface area contributed by atoms with Crippen LogP contribution in [0.15, 0.2) is 78.5 Å². The lowest BCUT2D eigenvalue weighted by atomic mass is 9.77. The van der Waals surface area contributed by atoms with E-state index in [1.54, 1.807) is 0 Å². The molecule has 7 heteroatoms. The van der Waals surface area contributed by atoms with Crippen LogP contribution in [-0.2, 0) is 21.7 Å². The van der Waals surface area contributed by atoms with Crippen LogP contribution >= 0.6 is 0 Å². The molecule has 3 heterocycles. The van der Waals surface area contributed by atoms with E-state index in [2.05, 4.69) is 47.7 Å². The van der Waals surface area contributed by atoms with Gasteiger partial charge in [0.1, 0.15) is 0 Å². The number of cyclic esters (lactones) is 1. The first-order valence-electron chi connectivity index (χ1n) is 13.6. The highest BCUT2D eigenvalue weighted by Crippen LogP contribution is 2.48. The molecule has 1 unspecified atom stereocenters. The number of piperazine rings is 1. The van der Waals surface area contributed by atoms with Gasteiger partial charge >= 0.3 is 12.0 Å². The van der Waals surface area contributed by atoms with E-state index in [9.17, 15) is 9.59 Å². The molecule has 0 saturated carbocycles. The quantitative estimate of drug-likeness (QED) is 0.545. The Kier molecular flexibility index (Phi) is 7.45. The van der Waals surface area contributed by atoms with Crippen LogP contribution in [0.4, 0.5) is 10.5 Å². The molecule has 2 aromatic carbocycles. The normalized spacial score (nSPS) is 21.4. The average Bonchev–Trinajstić information content (AvgIpc) is 3.23. The van der Waals surface area contributed by atoms with Crippen molar-refractivity contribution in [1.82, 2.24) is 15.1 Å². The standard InChI is InChI=1S/C31H38N4O3/c1-4-33-16-18-34(19-17-33)28-13-9-8-10-24(28)21-32-30(37)35-15-14-26-27(22-35)31(20-23(2)3,38-29(26)36)25-11-6-5-7-12-25/h4-13,23H,1,14-22H2,2-3H3,(H,32,37). The molecule has 0 spiro atoms. The first-order valence-corrected chi connectivity index (χ1v) is 13.6. The largest absolute Gasteiger partial charge is 0.446 e. The van der Waals surface area contributed by atoms with Crippen LogP contribution in [0.25, 0.3) is 0 Å². The molecule has 3 aliphatic heterocycles.